The third-order valence-electron chi connectivity index (χ3n) is 0.864. The summed E-state index contributed by atoms with van der Waals surface area (Å²) in [5.74, 6) is 0. The fourth-order valence-electron chi connectivity index (χ4n) is 0.456. The van der Waals surface area contributed by atoms with Crippen LogP contribution < -0.4 is 0 Å². The van der Waals surface area contributed by atoms with Crippen molar-refractivity contribution >= 4 is 42.6 Å². The van der Waals surface area contributed by atoms with Gasteiger partial charge in [0.05, 0.1) is 6.61 Å². The molecule has 0 aliphatic heterocycles. The average molecular weight is 257 g/mol. The van der Waals surface area contributed by atoms with Gasteiger partial charge in [-0.25, -0.2) is 4.57 Å². The molecular formula is C4H8Cl3O4P. The Bertz CT molecular complexity index is 174. The number of phosphoric ester groups is 1. The van der Waals surface area contributed by atoms with Crippen LogP contribution in [-0.2, 0) is 9.09 Å². The molecule has 8 heteroatoms. The molecule has 0 amide bonds. The molecule has 0 aromatic heterocycles. The van der Waals surface area contributed by atoms with E-state index < -0.39 is 11.6 Å². The second kappa shape index (κ2) is 5.01. The van der Waals surface area contributed by atoms with E-state index in [1.807, 2.05) is 0 Å². The van der Waals surface area contributed by atoms with E-state index in [-0.39, 0.29) is 19.4 Å². The minimum Gasteiger partial charge on any atom is -0.303 e. The number of halogens is 3. The largest absolute Gasteiger partial charge is 0.469 e. The summed E-state index contributed by atoms with van der Waals surface area (Å²) in [6.07, 6.45) is 0.472. The molecular weight excluding hydrogens is 249 g/mol. The second-order valence-corrected chi connectivity index (χ2v) is 5.80. The second-order valence-electron chi connectivity index (χ2n) is 2.04. The van der Waals surface area contributed by atoms with Crippen LogP contribution in [0.3, 0.4) is 0 Å². The lowest BCUT2D eigenvalue weighted by molar-refractivity contribution is 0.194. The molecule has 0 heterocycles. The van der Waals surface area contributed by atoms with Gasteiger partial charge in [-0.3, -0.25) is 4.52 Å². The van der Waals surface area contributed by atoms with Crippen LogP contribution in [0.1, 0.15) is 12.8 Å². The van der Waals surface area contributed by atoms with E-state index in [2.05, 4.69) is 4.52 Å². The highest BCUT2D eigenvalue weighted by molar-refractivity contribution is 7.46. The van der Waals surface area contributed by atoms with Gasteiger partial charge in [0.15, 0.2) is 3.79 Å². The molecule has 0 saturated carbocycles. The molecule has 0 aliphatic carbocycles. The molecule has 0 unspecified atom stereocenters. The van der Waals surface area contributed by atoms with Crippen molar-refractivity contribution < 1.29 is 18.9 Å². The van der Waals surface area contributed by atoms with Gasteiger partial charge in [0.1, 0.15) is 0 Å². The van der Waals surface area contributed by atoms with Crippen molar-refractivity contribution in [2.45, 2.75) is 16.6 Å². The van der Waals surface area contributed by atoms with E-state index in [9.17, 15) is 4.57 Å². The van der Waals surface area contributed by atoms with Gasteiger partial charge in [0.2, 0.25) is 0 Å². The Balaban J connectivity index is 3.41. The standard InChI is InChI=1S/C4H8Cl3O4P/c5-4(6,7)2-1-3-11-12(8,9)10/h1-3H2,(H2,8,9,10). The summed E-state index contributed by atoms with van der Waals surface area (Å²) in [5.41, 5.74) is 0. The molecule has 0 atom stereocenters. The zero-order valence-electron chi connectivity index (χ0n) is 5.91. The van der Waals surface area contributed by atoms with Crippen LogP contribution in [0.4, 0.5) is 0 Å². The Morgan fingerprint density at radius 2 is 1.83 bits per heavy atom. The van der Waals surface area contributed by atoms with E-state index in [4.69, 9.17) is 44.6 Å². The van der Waals surface area contributed by atoms with Gasteiger partial charge in [-0.05, 0) is 12.8 Å². The molecule has 0 bridgehead atoms. The van der Waals surface area contributed by atoms with Crippen LogP contribution >= 0.6 is 42.6 Å². The lowest BCUT2D eigenvalue weighted by Gasteiger charge is -2.10. The lowest BCUT2D eigenvalue weighted by Crippen LogP contribution is -2.03. The number of alkyl halides is 3. The van der Waals surface area contributed by atoms with Gasteiger partial charge in [-0.1, -0.05) is 34.8 Å². The topological polar surface area (TPSA) is 66.8 Å². The molecule has 0 aromatic rings. The van der Waals surface area contributed by atoms with Gasteiger partial charge >= 0.3 is 7.82 Å². The molecule has 12 heavy (non-hydrogen) atoms. The van der Waals surface area contributed by atoms with E-state index in [1.54, 1.807) is 0 Å². The SMILES string of the molecule is O=P(O)(O)OCCCC(Cl)(Cl)Cl. The quantitative estimate of drug-likeness (QED) is 0.460. The van der Waals surface area contributed by atoms with Crippen molar-refractivity contribution in [1.29, 1.82) is 0 Å². The predicted octanol–water partition coefficient (Wildman–Crippen LogP) is 2.25. The highest BCUT2D eigenvalue weighted by Gasteiger charge is 2.20. The molecule has 0 spiro atoms. The van der Waals surface area contributed by atoms with Crippen LogP contribution in [-0.4, -0.2) is 20.2 Å². The number of rotatable bonds is 4. The third kappa shape index (κ3) is 11.0. The van der Waals surface area contributed by atoms with Crippen molar-refractivity contribution in [3.63, 3.8) is 0 Å². The first-order valence-electron chi connectivity index (χ1n) is 2.97. The van der Waals surface area contributed by atoms with E-state index in [0.717, 1.165) is 0 Å². The number of hydrogen-bond donors (Lipinski definition) is 2. The fraction of sp³-hybridized carbons (Fsp3) is 1.00. The van der Waals surface area contributed by atoms with Crippen molar-refractivity contribution in [2.75, 3.05) is 6.61 Å². The van der Waals surface area contributed by atoms with Crippen molar-refractivity contribution in [3.8, 4) is 0 Å². The first kappa shape index (κ1) is 13.0. The van der Waals surface area contributed by atoms with Gasteiger partial charge in [-0.2, -0.15) is 0 Å². The maximum absolute atomic E-state index is 10.1. The van der Waals surface area contributed by atoms with Crippen LogP contribution in [0.25, 0.3) is 0 Å². The zero-order chi connectivity index (χ0) is 9.83. The summed E-state index contributed by atoms with van der Waals surface area (Å²) in [5, 5.41) is 0. The maximum Gasteiger partial charge on any atom is 0.469 e. The van der Waals surface area contributed by atoms with Crippen molar-refractivity contribution in [3.05, 3.63) is 0 Å². The molecule has 0 radical (unpaired) electrons. The molecule has 0 aliphatic rings. The Morgan fingerprint density at radius 1 is 1.33 bits per heavy atom. The first-order chi connectivity index (χ1) is 5.21. The number of phosphoric acid groups is 1. The van der Waals surface area contributed by atoms with Gasteiger partial charge in [0, 0.05) is 0 Å². The molecule has 0 saturated heterocycles. The maximum atomic E-state index is 10.1. The number of hydrogen-bond acceptors (Lipinski definition) is 2. The van der Waals surface area contributed by atoms with Crippen LogP contribution in [0.15, 0.2) is 0 Å². The molecule has 0 rings (SSSR count). The Morgan fingerprint density at radius 3 is 2.17 bits per heavy atom. The molecule has 74 valence electrons. The summed E-state index contributed by atoms with van der Waals surface area (Å²) in [4.78, 5) is 16.5. The zero-order valence-corrected chi connectivity index (χ0v) is 9.08. The van der Waals surface area contributed by atoms with Crippen molar-refractivity contribution in [1.82, 2.24) is 0 Å². The highest BCUT2D eigenvalue weighted by atomic mass is 35.6. The molecule has 2 N–H and O–H groups in total. The smallest absolute Gasteiger partial charge is 0.303 e. The van der Waals surface area contributed by atoms with Crippen molar-refractivity contribution in [2.24, 2.45) is 0 Å². The fourth-order valence-corrected chi connectivity index (χ4v) is 1.22. The van der Waals surface area contributed by atoms with Gasteiger partial charge in [0.25, 0.3) is 0 Å². The highest BCUT2D eigenvalue weighted by Crippen LogP contribution is 2.37. The Hall–Kier alpha value is 0.980. The van der Waals surface area contributed by atoms with E-state index >= 15 is 0 Å². The predicted molar refractivity (Wildman–Crippen MR) is 47.5 cm³/mol. The minimum atomic E-state index is -4.38. The van der Waals surface area contributed by atoms with Gasteiger partial charge in [-0.15, -0.1) is 0 Å². The van der Waals surface area contributed by atoms with Crippen LogP contribution in [0.2, 0.25) is 0 Å². The lowest BCUT2D eigenvalue weighted by atomic mass is 10.4. The van der Waals surface area contributed by atoms with E-state index in [0.29, 0.717) is 0 Å². The average Bonchev–Trinajstić information content (AvgIpc) is 1.76. The third-order valence-corrected chi connectivity index (χ3v) is 1.95. The first-order valence-corrected chi connectivity index (χ1v) is 5.64. The van der Waals surface area contributed by atoms with Crippen LogP contribution in [0, 0.1) is 0 Å². The minimum absolute atomic E-state index is 0.127. The molecule has 4 nitrogen and oxygen atoms in total. The summed E-state index contributed by atoms with van der Waals surface area (Å²) < 4.78 is 12.9. The monoisotopic (exact) mass is 256 g/mol. The summed E-state index contributed by atoms with van der Waals surface area (Å²) in [6.45, 7) is -0.127. The van der Waals surface area contributed by atoms with Crippen LogP contribution in [0.5, 0.6) is 0 Å². The Labute approximate surface area is 85.0 Å². The Kier molecular flexibility index (Phi) is 5.42. The summed E-state index contributed by atoms with van der Waals surface area (Å²) >= 11 is 16.1. The summed E-state index contributed by atoms with van der Waals surface area (Å²) in [7, 11) is -4.38. The van der Waals surface area contributed by atoms with Gasteiger partial charge < -0.3 is 9.79 Å². The molecule has 0 aromatic carbocycles. The normalized spacial score (nSPS) is 13.4. The molecule has 0 fully saturated rings. The van der Waals surface area contributed by atoms with E-state index in [1.165, 1.54) is 0 Å². The summed E-state index contributed by atoms with van der Waals surface area (Å²) in [6, 6.07) is 0.